The van der Waals surface area contributed by atoms with Crippen molar-refractivity contribution in [1.82, 2.24) is 24.1 Å². The molecule has 29 heavy (non-hydrogen) atoms. The number of para-hydroxylation sites is 2. The van der Waals surface area contributed by atoms with E-state index < -0.39 is 0 Å². The molecule has 152 valence electrons. The topological polar surface area (TPSA) is 74.8 Å². The Balaban J connectivity index is 2.13. The second kappa shape index (κ2) is 7.91. The monoisotopic (exact) mass is 393 g/mol. The summed E-state index contributed by atoms with van der Waals surface area (Å²) in [5.74, 6) is 0.803. The lowest BCUT2D eigenvalue weighted by Gasteiger charge is -2.17. The molecule has 0 aliphatic rings. The van der Waals surface area contributed by atoms with Crippen LogP contribution in [0.5, 0.6) is 0 Å². The maximum Gasteiger partial charge on any atom is 0.265 e. The molecule has 0 bridgehead atoms. The van der Waals surface area contributed by atoms with E-state index >= 15 is 0 Å². The molecule has 0 fully saturated rings. The predicted molar refractivity (Wildman–Crippen MR) is 115 cm³/mol. The number of rotatable bonds is 7. The molecular formula is C22H27N5O2. The maximum absolute atomic E-state index is 13.6. The van der Waals surface area contributed by atoms with Crippen molar-refractivity contribution in [3.63, 3.8) is 0 Å². The molecular weight excluding hydrogens is 366 g/mol. The summed E-state index contributed by atoms with van der Waals surface area (Å²) in [6.07, 6.45) is 2.36. The second-order valence-corrected chi connectivity index (χ2v) is 7.40. The maximum atomic E-state index is 13.6. The van der Waals surface area contributed by atoms with Gasteiger partial charge in [0.2, 0.25) is 0 Å². The summed E-state index contributed by atoms with van der Waals surface area (Å²) in [5.41, 5.74) is 3.59. The van der Waals surface area contributed by atoms with Crippen molar-refractivity contribution in [1.29, 1.82) is 0 Å². The number of fused-ring (bicyclic) bond motifs is 4. The molecule has 0 radical (unpaired) electrons. The van der Waals surface area contributed by atoms with Crippen molar-refractivity contribution in [2.24, 2.45) is 0 Å². The third-order valence-corrected chi connectivity index (χ3v) is 5.55. The minimum absolute atomic E-state index is 0.0266. The van der Waals surface area contributed by atoms with E-state index in [1.807, 2.05) is 40.3 Å². The molecule has 4 aromatic rings. The van der Waals surface area contributed by atoms with Crippen molar-refractivity contribution in [2.45, 2.75) is 52.6 Å². The van der Waals surface area contributed by atoms with Gasteiger partial charge >= 0.3 is 0 Å². The quantitative estimate of drug-likeness (QED) is 0.446. The summed E-state index contributed by atoms with van der Waals surface area (Å²) in [4.78, 5) is 28.2. The fraction of sp³-hybridized carbons (Fsp3) is 0.455. The van der Waals surface area contributed by atoms with Gasteiger partial charge in [0.25, 0.3) is 5.56 Å². The van der Waals surface area contributed by atoms with E-state index in [2.05, 4.69) is 13.8 Å². The van der Waals surface area contributed by atoms with Gasteiger partial charge in [0.15, 0.2) is 11.3 Å². The Morgan fingerprint density at radius 3 is 2.45 bits per heavy atom. The van der Waals surface area contributed by atoms with E-state index in [1.165, 1.54) is 0 Å². The van der Waals surface area contributed by atoms with E-state index in [0.717, 1.165) is 29.7 Å². The van der Waals surface area contributed by atoms with Crippen LogP contribution in [0.25, 0.3) is 33.2 Å². The average molecular weight is 393 g/mol. The van der Waals surface area contributed by atoms with Crippen molar-refractivity contribution in [2.75, 3.05) is 13.7 Å². The normalized spacial score (nSPS) is 13.0. The third kappa shape index (κ3) is 3.19. The van der Waals surface area contributed by atoms with Gasteiger partial charge in [-0.25, -0.2) is 15.0 Å². The Labute approximate surface area is 169 Å². The lowest BCUT2D eigenvalue weighted by Crippen LogP contribution is -2.28. The number of aryl methyl sites for hydroxylation is 2. The lowest BCUT2D eigenvalue weighted by molar-refractivity contribution is 0.191. The largest absolute Gasteiger partial charge is 0.385 e. The number of benzene rings is 1. The number of aromatic nitrogens is 5. The summed E-state index contributed by atoms with van der Waals surface area (Å²) in [6, 6.07) is 7.84. The van der Waals surface area contributed by atoms with E-state index in [9.17, 15) is 4.79 Å². The number of methoxy groups -OCH3 is 1. The zero-order valence-electron chi connectivity index (χ0n) is 17.5. The molecule has 3 aromatic heterocycles. The minimum atomic E-state index is -0.0266. The van der Waals surface area contributed by atoms with Crippen molar-refractivity contribution in [3.05, 3.63) is 40.4 Å². The first-order valence-electron chi connectivity index (χ1n) is 10.3. The smallest absolute Gasteiger partial charge is 0.265 e. The first-order valence-corrected chi connectivity index (χ1v) is 10.3. The Kier molecular flexibility index (Phi) is 5.32. The number of hydrogen-bond acceptors (Lipinski definition) is 5. The number of nitrogens with zero attached hydrogens (tertiary/aromatic N) is 5. The summed E-state index contributed by atoms with van der Waals surface area (Å²) in [7, 11) is 1.69. The van der Waals surface area contributed by atoms with Crippen LogP contribution in [0.4, 0.5) is 0 Å². The minimum Gasteiger partial charge on any atom is -0.385 e. The van der Waals surface area contributed by atoms with Crippen LogP contribution in [-0.2, 0) is 17.7 Å². The van der Waals surface area contributed by atoms with Gasteiger partial charge in [-0.3, -0.25) is 9.36 Å². The van der Waals surface area contributed by atoms with Gasteiger partial charge in [0.05, 0.1) is 11.0 Å². The molecule has 0 saturated heterocycles. The van der Waals surface area contributed by atoms with Crippen molar-refractivity contribution < 1.29 is 4.74 Å². The average Bonchev–Trinajstić information content (AvgIpc) is 3.04. The zero-order chi connectivity index (χ0) is 20.5. The summed E-state index contributed by atoms with van der Waals surface area (Å²) >= 11 is 0. The predicted octanol–water partition coefficient (Wildman–Crippen LogP) is 3.86. The highest BCUT2D eigenvalue weighted by Crippen LogP contribution is 2.26. The van der Waals surface area contributed by atoms with Crippen LogP contribution >= 0.6 is 0 Å². The molecule has 4 rings (SSSR count). The van der Waals surface area contributed by atoms with E-state index in [4.69, 9.17) is 19.7 Å². The fourth-order valence-electron chi connectivity index (χ4n) is 3.88. The fourth-order valence-corrected chi connectivity index (χ4v) is 3.88. The first-order chi connectivity index (χ1) is 14.1. The third-order valence-electron chi connectivity index (χ3n) is 5.55. The van der Waals surface area contributed by atoms with Gasteiger partial charge in [-0.15, -0.1) is 0 Å². The molecule has 0 spiro atoms. The van der Waals surface area contributed by atoms with E-state index in [0.29, 0.717) is 41.8 Å². The van der Waals surface area contributed by atoms with Gasteiger partial charge in [-0.1, -0.05) is 26.0 Å². The Morgan fingerprint density at radius 2 is 1.79 bits per heavy atom. The summed E-state index contributed by atoms with van der Waals surface area (Å²) < 4.78 is 9.10. The molecule has 0 amide bonds. The number of hydrogen-bond donors (Lipinski definition) is 0. The Morgan fingerprint density at radius 1 is 1.07 bits per heavy atom. The summed E-state index contributed by atoms with van der Waals surface area (Å²) in [5, 5.41) is 0.563. The molecule has 1 atom stereocenters. The van der Waals surface area contributed by atoms with Gasteiger partial charge in [0.1, 0.15) is 16.7 Å². The molecule has 0 aliphatic heterocycles. The molecule has 0 unspecified atom stereocenters. The van der Waals surface area contributed by atoms with Crippen LogP contribution < -0.4 is 5.56 Å². The summed E-state index contributed by atoms with van der Waals surface area (Å²) in [6.45, 7) is 7.49. The number of ether oxygens (including phenoxy) is 1. The molecule has 1 aromatic carbocycles. The van der Waals surface area contributed by atoms with Crippen LogP contribution in [-0.4, -0.2) is 37.8 Å². The molecule has 0 saturated carbocycles. The zero-order valence-corrected chi connectivity index (χ0v) is 17.5. The lowest BCUT2D eigenvalue weighted by atomic mass is 10.2. The van der Waals surface area contributed by atoms with E-state index in [1.54, 1.807) is 7.11 Å². The molecule has 7 nitrogen and oxygen atoms in total. The van der Waals surface area contributed by atoms with Crippen molar-refractivity contribution in [3.8, 4) is 0 Å². The highest BCUT2D eigenvalue weighted by Gasteiger charge is 2.23. The van der Waals surface area contributed by atoms with Crippen LogP contribution in [0.15, 0.2) is 29.1 Å². The van der Waals surface area contributed by atoms with Gasteiger partial charge in [-0.2, -0.15) is 0 Å². The van der Waals surface area contributed by atoms with Crippen LogP contribution in [0.1, 0.15) is 45.5 Å². The molecule has 0 N–H and O–H groups in total. The highest BCUT2D eigenvalue weighted by molar-refractivity contribution is 6.04. The highest BCUT2D eigenvalue weighted by atomic mass is 16.5. The standard InChI is InChI=1S/C22H27N5O2/c1-5-14(3)27-17(6-2)25-20-18(22(27)28)19-21(26(20)12-9-13-29-4)24-16-11-8-7-10-15(16)23-19/h7-8,10-11,14H,5-6,9,12-13H2,1-4H3/t14-/m0/s1. The Hall–Kier alpha value is -2.80. The first kappa shape index (κ1) is 19.5. The van der Waals surface area contributed by atoms with Gasteiger partial charge in [-0.05, 0) is 31.9 Å². The molecule has 0 aliphatic carbocycles. The van der Waals surface area contributed by atoms with Crippen molar-refractivity contribution >= 4 is 33.2 Å². The van der Waals surface area contributed by atoms with Crippen LogP contribution in [0, 0.1) is 0 Å². The van der Waals surface area contributed by atoms with Gasteiger partial charge < -0.3 is 9.30 Å². The molecule has 7 heteroatoms. The van der Waals surface area contributed by atoms with Gasteiger partial charge in [0, 0.05) is 32.7 Å². The van der Waals surface area contributed by atoms with E-state index in [-0.39, 0.29) is 11.6 Å². The van der Waals surface area contributed by atoms with Crippen LogP contribution in [0.2, 0.25) is 0 Å². The SMILES string of the molecule is CCc1nc2c(c(=O)n1[C@@H](C)CC)c1nc3ccccc3nc1n2CCCOC. The Bertz CT molecular complexity index is 1240. The molecule has 3 heterocycles. The van der Waals surface area contributed by atoms with Crippen LogP contribution in [0.3, 0.4) is 0 Å². The second-order valence-electron chi connectivity index (χ2n) is 7.40.